The van der Waals surface area contributed by atoms with Crippen LogP contribution in [-0.4, -0.2) is 138 Å². The summed E-state index contributed by atoms with van der Waals surface area (Å²) in [6, 6.07) is 7.92. The molecule has 3 aromatic carbocycles. The first kappa shape index (κ1) is 84.2. The Morgan fingerprint density at radius 2 is 0.764 bits per heavy atom. The highest BCUT2D eigenvalue weighted by Gasteiger charge is 2.51. The number of aliphatic hydroxyl groups is 6. The van der Waals surface area contributed by atoms with Crippen LogP contribution in [0.15, 0.2) is 50.8 Å². The van der Waals surface area contributed by atoms with E-state index in [0.29, 0.717) is 112 Å². The smallest absolute Gasteiger partial charge is 0.343 e. The van der Waals surface area contributed by atoms with Gasteiger partial charge in [0.25, 0.3) is 26.8 Å². The summed E-state index contributed by atoms with van der Waals surface area (Å²) in [5, 5.41) is 79.6. The van der Waals surface area contributed by atoms with Crippen LogP contribution in [-0.2, 0) is 129 Å². The Morgan fingerprint density at radius 3 is 1.05 bits per heavy atom. The fourth-order valence-corrected chi connectivity index (χ4v) is 19.4. The van der Waals surface area contributed by atoms with Crippen molar-refractivity contribution in [1.29, 1.82) is 0 Å². The maximum atomic E-state index is 15.0. The lowest BCUT2D eigenvalue weighted by atomic mass is 9.81. The van der Waals surface area contributed by atoms with Crippen LogP contribution in [0, 0.1) is 56.0 Å². The topological polar surface area (TPSA) is 481 Å². The lowest BCUT2D eigenvalue weighted by Gasteiger charge is -2.31. The highest BCUT2D eigenvalue weighted by molar-refractivity contribution is 7.85. The van der Waals surface area contributed by atoms with Crippen molar-refractivity contribution >= 4 is 78.5 Å². The van der Waals surface area contributed by atoms with Crippen molar-refractivity contribution in [3.05, 3.63) is 185 Å². The molecule has 3 saturated carbocycles. The van der Waals surface area contributed by atoms with Gasteiger partial charge in [-0.05, 0) is 203 Å². The molecular weight excluding hydrogens is 1620 g/mol. The number of carbonyl (C=O) groups excluding carboxylic acids is 5. The van der Waals surface area contributed by atoms with Crippen molar-refractivity contribution in [2.75, 3.05) is 6.26 Å². The van der Waals surface area contributed by atoms with Crippen molar-refractivity contribution in [1.82, 2.24) is 39.3 Å². The van der Waals surface area contributed by atoms with E-state index >= 15 is 8.78 Å². The van der Waals surface area contributed by atoms with E-state index in [1.807, 2.05) is 0 Å². The zero-order valence-corrected chi connectivity index (χ0v) is 68.9. The van der Waals surface area contributed by atoms with Gasteiger partial charge in [0.1, 0.15) is 49.5 Å². The summed E-state index contributed by atoms with van der Waals surface area (Å²) in [4.78, 5) is 128. The monoisotopic (exact) mass is 1710 g/mol. The molecule has 0 spiro atoms. The van der Waals surface area contributed by atoms with Crippen LogP contribution in [0.4, 0.5) is 13.2 Å². The number of carboxylic acid groups (broad SMARTS) is 1. The normalized spacial score (nSPS) is 22.9. The molecule has 6 aliphatic carbocycles. The van der Waals surface area contributed by atoms with Crippen molar-refractivity contribution in [2.24, 2.45) is 23.5 Å². The van der Waals surface area contributed by atoms with E-state index in [-0.39, 0.29) is 150 Å². The molecule has 31 nitrogen and oxygen atoms in total. The standard InChI is InChI=1S/2C29H28FN3O6.C24H22FN3O4.C5H8O3.CH4O3S/c2*1-3-29(38)17-8-21-24-15(10-33(21)27(36)16(17)11-39-28(29)37)23-19(32-26(35)25(34)13-4-5-13)7-6-14-12(2)18(30)9-20(31-24)22(14)23;1-3-24(31)14-6-18-21-12(8-28(18)22(29)13(14)9-32-23(24)30)19-16(26)5-4-11-10(2)15(25)7-17(27-21)20(11)19;6-4(5(7)8)3-1-2-3;1-5(2,3)4/h2*8-9,13,19,25,34,38H,3-7,10-11H2,1-2H3,(H,32,35);6-7,16,31H,3-5,8-9,26H2,1-2H3;3-4,6H,1-2H2,(H,7,8);1H3,(H,2,3,4)/t19-,25+,29-;19-,25-,29-;16-,24-;;/m000../s1. The number of rotatable bonds is 11. The predicted octanol–water partition coefficient (Wildman–Crippen LogP) is 6.62. The maximum absolute atomic E-state index is 15.0. The molecule has 21 rings (SSSR count). The average Bonchev–Trinajstić information content (AvgIpc) is 1.57. The number of nitrogens with zero attached hydrogens (tertiary/aromatic N) is 6. The minimum absolute atomic E-state index is 0.0241. The SMILES string of the molecule is CC[C@@]1(O)C(=O)OCc2c1cc1n(c2=O)Cc2c-1nc1cc(F)c(C)c3c1c2[C@@H](N)CC3.CC[C@@]1(O)C(=O)OCc2c1cc1n(c2=O)Cc2c-1nc1cc(F)c(C)c3c1c2[C@@H](NC(=O)[C@@H](O)C1CC1)CC3.CC[C@@]1(O)C(=O)OCc2c1cc1n(c2=O)Cc2c-1nc1cc(F)c(C)c3c1c2[C@@H](NC(=O)[C@H](O)C1CC1)CC3.CS(=O)(=O)O.O=C(O)C(O)C1CC1. The Labute approximate surface area is 698 Å². The van der Waals surface area contributed by atoms with E-state index in [1.165, 1.54) is 27.3 Å². The molecular formula is C88H90F3N9O22S. The molecule has 9 atom stereocenters. The number of esters is 3. The van der Waals surface area contributed by atoms with Gasteiger partial charge in [-0.25, -0.2) is 47.3 Å². The zero-order valence-electron chi connectivity index (χ0n) is 68.1. The number of hydrogen-bond acceptors (Lipinski definition) is 24. The van der Waals surface area contributed by atoms with Crippen molar-refractivity contribution < 1.29 is 105 Å². The Balaban J connectivity index is 0.000000122. The maximum Gasteiger partial charge on any atom is 0.343 e. The van der Waals surface area contributed by atoms with Crippen LogP contribution in [0.2, 0.25) is 0 Å². The number of nitrogens with one attached hydrogen (secondary N) is 2. The predicted molar refractivity (Wildman–Crippen MR) is 433 cm³/mol. The summed E-state index contributed by atoms with van der Waals surface area (Å²) in [6.07, 6.45) is 6.00. The van der Waals surface area contributed by atoms with Crippen molar-refractivity contribution in [3.8, 4) is 34.2 Å². The second-order valence-corrected chi connectivity index (χ2v) is 35.7. The van der Waals surface area contributed by atoms with Crippen LogP contribution >= 0.6 is 0 Å². The largest absolute Gasteiger partial charge is 0.479 e. The number of ether oxygens (including phenoxy) is 3. The molecule has 0 bridgehead atoms. The van der Waals surface area contributed by atoms with E-state index in [1.54, 1.807) is 64.3 Å². The number of benzene rings is 3. The fourth-order valence-electron chi connectivity index (χ4n) is 19.4. The van der Waals surface area contributed by atoms with Gasteiger partial charge in [-0.15, -0.1) is 0 Å². The highest BCUT2D eigenvalue weighted by atomic mass is 32.2. The molecule has 12 N–H and O–H groups in total. The number of aliphatic carboxylic acids is 1. The van der Waals surface area contributed by atoms with Gasteiger partial charge in [-0.1, -0.05) is 20.8 Å². The Kier molecular flexibility index (Phi) is 20.8. The molecule has 9 aromatic rings. The van der Waals surface area contributed by atoms with Gasteiger partial charge in [0.05, 0.1) is 105 Å². The molecule has 646 valence electrons. The first-order chi connectivity index (χ1) is 58.2. The molecule has 12 heterocycles. The number of halogens is 3. The lowest BCUT2D eigenvalue weighted by Crippen LogP contribution is -2.44. The van der Waals surface area contributed by atoms with Gasteiger partial charge < -0.3 is 80.0 Å². The van der Waals surface area contributed by atoms with E-state index in [0.717, 1.165) is 105 Å². The van der Waals surface area contributed by atoms with E-state index in [4.69, 9.17) is 49.7 Å². The summed E-state index contributed by atoms with van der Waals surface area (Å²) < 4.78 is 90.7. The highest BCUT2D eigenvalue weighted by Crippen LogP contribution is 2.51. The molecule has 6 aliphatic heterocycles. The van der Waals surface area contributed by atoms with Crippen LogP contribution < -0.4 is 33.0 Å². The number of amides is 2. The third-order valence-corrected chi connectivity index (χ3v) is 26.8. The quantitative estimate of drug-likeness (QED) is 0.0368. The van der Waals surface area contributed by atoms with Gasteiger partial charge in [-0.2, -0.15) is 8.42 Å². The Morgan fingerprint density at radius 1 is 0.480 bits per heavy atom. The van der Waals surface area contributed by atoms with Crippen LogP contribution in [0.5, 0.6) is 0 Å². The van der Waals surface area contributed by atoms with Gasteiger partial charge in [-0.3, -0.25) is 28.5 Å². The van der Waals surface area contributed by atoms with Gasteiger partial charge in [0.2, 0.25) is 11.8 Å². The zero-order chi connectivity index (χ0) is 87.9. The van der Waals surface area contributed by atoms with Gasteiger partial charge >= 0.3 is 23.9 Å². The molecule has 12 aliphatic rings. The molecule has 2 amide bonds. The fraction of sp³-hybridized carbons (Fsp3) is 0.455. The number of aliphatic hydroxyl groups excluding tert-OH is 3. The minimum Gasteiger partial charge on any atom is -0.479 e. The van der Waals surface area contributed by atoms with Crippen molar-refractivity contribution in [3.63, 3.8) is 0 Å². The number of aryl methyl sites for hydroxylation is 3. The van der Waals surface area contributed by atoms with Crippen LogP contribution in [0.3, 0.4) is 0 Å². The molecule has 123 heavy (non-hydrogen) atoms. The molecule has 0 saturated heterocycles. The van der Waals surface area contributed by atoms with Crippen LogP contribution in [0.25, 0.3) is 66.9 Å². The number of nitrogens with two attached hydrogens (primary N) is 1. The molecule has 35 heteroatoms. The summed E-state index contributed by atoms with van der Waals surface area (Å²) in [5.74, 6) is -5.43. The third kappa shape index (κ3) is 13.8. The minimum atomic E-state index is -3.67. The summed E-state index contributed by atoms with van der Waals surface area (Å²) >= 11 is 0. The summed E-state index contributed by atoms with van der Waals surface area (Å²) in [7, 11) is -3.67. The van der Waals surface area contributed by atoms with Crippen molar-refractivity contribution in [2.45, 2.75) is 231 Å². The second kappa shape index (κ2) is 30.4. The number of aromatic nitrogens is 6. The number of cyclic esters (lactones) is 3. The molecule has 6 aromatic heterocycles. The number of carboxylic acids is 1. The van der Waals surface area contributed by atoms with E-state index in [9.17, 15) is 81.5 Å². The lowest BCUT2D eigenvalue weighted by molar-refractivity contribution is -0.172. The van der Waals surface area contributed by atoms with Gasteiger partial charge in [0, 0.05) is 73.8 Å². The first-order valence-corrected chi connectivity index (χ1v) is 43.1. The number of carbonyl (C=O) groups is 6. The van der Waals surface area contributed by atoms with Crippen LogP contribution in [0.1, 0.15) is 216 Å². The molecule has 1 unspecified atom stereocenters. The number of hydrogen-bond donors (Lipinski definition) is 11. The molecule has 0 radical (unpaired) electrons. The number of fused-ring (bicyclic) bond motifs is 15. The second-order valence-electron chi connectivity index (χ2n) is 34.2. The molecule has 3 fully saturated rings. The summed E-state index contributed by atoms with van der Waals surface area (Å²) in [5.41, 5.74) is 14.1. The summed E-state index contributed by atoms with van der Waals surface area (Å²) in [6.45, 7) is 10.1. The third-order valence-electron chi connectivity index (χ3n) is 26.8. The number of pyridine rings is 6. The van der Waals surface area contributed by atoms with Gasteiger partial charge in [0.15, 0.2) is 22.9 Å². The van der Waals surface area contributed by atoms with E-state index in [2.05, 4.69) is 10.6 Å². The average molecular weight is 1710 g/mol. The Bertz CT molecular complexity index is 6280. The Hall–Kier alpha value is -11.0. The first-order valence-electron chi connectivity index (χ1n) is 41.3. The van der Waals surface area contributed by atoms with E-state index < -0.39 is 93.0 Å².